The molecule has 0 aromatic rings. The van der Waals surface area contributed by atoms with Gasteiger partial charge < -0.3 is 19.3 Å². The molecule has 0 rings (SSSR count). The largest absolute Gasteiger partial charge is 0.469 e. The minimum absolute atomic E-state index is 0.118. The highest BCUT2D eigenvalue weighted by Crippen LogP contribution is 2.37. The third-order valence-corrected chi connectivity index (χ3v) is 2.12. The minimum atomic E-state index is -4.41. The average Bonchev–Trinajstić information content (AvgIpc) is 2.08. The molecule has 0 aliphatic carbocycles. The highest BCUT2D eigenvalue weighted by atomic mass is 31.2. The van der Waals surface area contributed by atoms with E-state index in [1.807, 2.05) is 13.8 Å². The Bertz CT molecular complexity index is 203. The molecule has 0 saturated carbocycles. The fourth-order valence-electron chi connectivity index (χ4n) is 0.897. The van der Waals surface area contributed by atoms with Crippen molar-refractivity contribution in [2.75, 3.05) is 19.8 Å². The van der Waals surface area contributed by atoms with Crippen LogP contribution in [0.15, 0.2) is 0 Å². The zero-order chi connectivity index (χ0) is 11.9. The van der Waals surface area contributed by atoms with Crippen LogP contribution in [0.25, 0.3) is 0 Å². The summed E-state index contributed by atoms with van der Waals surface area (Å²) < 4.78 is 25.2. The van der Waals surface area contributed by atoms with Crippen LogP contribution in [0.2, 0.25) is 0 Å². The van der Waals surface area contributed by atoms with Crippen LogP contribution >= 0.6 is 7.82 Å². The molecule has 2 unspecified atom stereocenters. The van der Waals surface area contributed by atoms with Gasteiger partial charge >= 0.3 is 7.82 Å². The summed E-state index contributed by atoms with van der Waals surface area (Å²) in [7, 11) is -4.41. The topological polar surface area (TPSA) is 85.2 Å². The first kappa shape index (κ1) is 15.0. The number of hydrogen-bond donors (Lipinski definition) is 2. The first-order chi connectivity index (χ1) is 6.85. The molecule has 0 bridgehead atoms. The monoisotopic (exact) mass is 242 g/mol. The predicted molar refractivity (Wildman–Crippen MR) is 54.5 cm³/mol. The predicted octanol–water partition coefficient (Wildman–Crippen LogP) is 0.926. The van der Waals surface area contributed by atoms with Crippen LogP contribution in [0.4, 0.5) is 0 Å². The number of hydrogen-bond acceptors (Lipinski definition) is 4. The summed E-state index contributed by atoms with van der Waals surface area (Å²) in [5.41, 5.74) is 0. The van der Waals surface area contributed by atoms with Crippen LogP contribution in [0.1, 0.15) is 20.8 Å². The minimum Gasteiger partial charge on any atom is -0.379 e. The van der Waals surface area contributed by atoms with Crippen molar-refractivity contribution >= 4 is 7.82 Å². The Morgan fingerprint density at radius 3 is 2.27 bits per heavy atom. The lowest BCUT2D eigenvalue weighted by molar-refractivity contribution is -0.0337. The molecule has 0 saturated heterocycles. The molecular weight excluding hydrogens is 223 g/mol. The number of ether oxygens (including phenoxy) is 2. The molecule has 0 aromatic heterocycles. The highest BCUT2D eigenvalue weighted by molar-refractivity contribution is 7.46. The van der Waals surface area contributed by atoms with Gasteiger partial charge in [-0.2, -0.15) is 0 Å². The number of rotatable bonds is 8. The van der Waals surface area contributed by atoms with E-state index in [9.17, 15) is 4.57 Å². The zero-order valence-electron chi connectivity index (χ0n) is 9.25. The van der Waals surface area contributed by atoms with Gasteiger partial charge in [0.15, 0.2) is 0 Å². The van der Waals surface area contributed by atoms with Gasteiger partial charge in [0.25, 0.3) is 0 Å². The maximum atomic E-state index is 10.5. The van der Waals surface area contributed by atoms with Crippen LogP contribution in [0, 0.1) is 0 Å². The van der Waals surface area contributed by atoms with Crippen LogP contribution < -0.4 is 0 Å². The molecule has 6 nitrogen and oxygen atoms in total. The lowest BCUT2D eigenvalue weighted by atomic mass is 10.4. The maximum Gasteiger partial charge on any atom is 0.469 e. The summed E-state index contributed by atoms with van der Waals surface area (Å²) >= 11 is 0. The molecule has 92 valence electrons. The van der Waals surface area contributed by atoms with Crippen molar-refractivity contribution < 1.29 is 28.3 Å². The van der Waals surface area contributed by atoms with E-state index < -0.39 is 13.9 Å². The molecular formula is C8H19O6P. The van der Waals surface area contributed by atoms with Crippen molar-refractivity contribution in [3.8, 4) is 0 Å². The fourth-order valence-corrected chi connectivity index (χ4v) is 1.43. The summed E-state index contributed by atoms with van der Waals surface area (Å²) in [5, 5.41) is 0. The Hall–Kier alpha value is 0.0300. The van der Waals surface area contributed by atoms with Crippen LogP contribution in [-0.4, -0.2) is 41.8 Å². The van der Waals surface area contributed by atoms with Gasteiger partial charge in [0.1, 0.15) is 0 Å². The lowest BCUT2D eigenvalue weighted by Gasteiger charge is -2.17. The smallest absolute Gasteiger partial charge is 0.379 e. The average molecular weight is 242 g/mol. The van der Waals surface area contributed by atoms with Gasteiger partial charge in [-0.3, -0.25) is 4.52 Å². The van der Waals surface area contributed by atoms with Gasteiger partial charge in [-0.1, -0.05) is 0 Å². The molecule has 0 aliphatic heterocycles. The van der Waals surface area contributed by atoms with Gasteiger partial charge in [-0.15, -0.1) is 0 Å². The standard InChI is InChI=1S/C8H19O6P/c1-4-12-5-7(2)13-6-8(3)14-15(9,10)11/h7-8H,4-6H2,1-3H3,(H2,9,10,11). The first-order valence-corrected chi connectivity index (χ1v) is 6.31. The summed E-state index contributed by atoms with van der Waals surface area (Å²) in [4.78, 5) is 17.0. The fraction of sp³-hybridized carbons (Fsp3) is 1.00. The number of phosphoric acid groups is 1. The van der Waals surface area contributed by atoms with Gasteiger partial charge in [-0.25, -0.2) is 4.57 Å². The highest BCUT2D eigenvalue weighted by Gasteiger charge is 2.19. The van der Waals surface area contributed by atoms with Gasteiger partial charge in [-0.05, 0) is 20.8 Å². The van der Waals surface area contributed by atoms with Crippen LogP contribution in [0.5, 0.6) is 0 Å². The molecule has 0 spiro atoms. The van der Waals surface area contributed by atoms with E-state index in [-0.39, 0.29) is 12.7 Å². The van der Waals surface area contributed by atoms with Crippen molar-refractivity contribution in [1.29, 1.82) is 0 Å². The van der Waals surface area contributed by atoms with E-state index in [0.717, 1.165) is 0 Å². The van der Waals surface area contributed by atoms with Crippen molar-refractivity contribution in [2.24, 2.45) is 0 Å². The normalized spacial score (nSPS) is 16.3. The van der Waals surface area contributed by atoms with Crippen molar-refractivity contribution in [2.45, 2.75) is 33.0 Å². The molecule has 0 aromatic carbocycles. The summed E-state index contributed by atoms with van der Waals surface area (Å²) in [5.74, 6) is 0. The summed E-state index contributed by atoms with van der Waals surface area (Å²) in [6, 6.07) is 0. The SMILES string of the molecule is CCOCC(C)OCC(C)OP(=O)(O)O. The Balaban J connectivity index is 3.61. The third-order valence-electron chi connectivity index (χ3n) is 1.49. The Labute approximate surface area is 89.8 Å². The van der Waals surface area contributed by atoms with Gasteiger partial charge in [0, 0.05) is 6.61 Å². The summed E-state index contributed by atoms with van der Waals surface area (Å²) in [6.45, 7) is 6.43. The van der Waals surface area contributed by atoms with E-state index in [0.29, 0.717) is 13.2 Å². The van der Waals surface area contributed by atoms with Gasteiger partial charge in [0.05, 0.1) is 25.4 Å². The second kappa shape index (κ2) is 7.33. The molecule has 2 atom stereocenters. The molecule has 2 N–H and O–H groups in total. The second-order valence-corrected chi connectivity index (χ2v) is 4.40. The lowest BCUT2D eigenvalue weighted by Crippen LogP contribution is -2.22. The van der Waals surface area contributed by atoms with Crippen molar-refractivity contribution in [3.63, 3.8) is 0 Å². The van der Waals surface area contributed by atoms with E-state index in [2.05, 4.69) is 4.52 Å². The molecule has 0 amide bonds. The Morgan fingerprint density at radius 1 is 1.20 bits per heavy atom. The third kappa shape index (κ3) is 10.3. The molecule has 7 heteroatoms. The van der Waals surface area contributed by atoms with E-state index in [1.165, 1.54) is 6.92 Å². The molecule has 0 radical (unpaired) electrons. The molecule has 15 heavy (non-hydrogen) atoms. The molecule has 0 fully saturated rings. The van der Waals surface area contributed by atoms with Crippen molar-refractivity contribution in [1.82, 2.24) is 0 Å². The maximum absolute atomic E-state index is 10.5. The van der Waals surface area contributed by atoms with Crippen molar-refractivity contribution in [3.05, 3.63) is 0 Å². The van der Waals surface area contributed by atoms with E-state index >= 15 is 0 Å². The first-order valence-electron chi connectivity index (χ1n) is 4.78. The summed E-state index contributed by atoms with van der Waals surface area (Å²) in [6.07, 6.45) is -0.761. The van der Waals surface area contributed by atoms with Crippen LogP contribution in [0.3, 0.4) is 0 Å². The molecule has 0 aliphatic rings. The van der Waals surface area contributed by atoms with Crippen LogP contribution in [-0.2, 0) is 18.6 Å². The van der Waals surface area contributed by atoms with E-state index in [1.54, 1.807) is 0 Å². The Kier molecular flexibility index (Phi) is 7.34. The molecule has 0 heterocycles. The van der Waals surface area contributed by atoms with Gasteiger partial charge in [0.2, 0.25) is 0 Å². The Morgan fingerprint density at radius 2 is 1.80 bits per heavy atom. The zero-order valence-corrected chi connectivity index (χ0v) is 10.1. The second-order valence-electron chi connectivity index (χ2n) is 3.21. The quantitative estimate of drug-likeness (QED) is 0.616. The number of phosphoric ester groups is 1. The van der Waals surface area contributed by atoms with E-state index in [4.69, 9.17) is 19.3 Å².